The van der Waals surface area contributed by atoms with E-state index < -0.39 is 0 Å². The Hall–Kier alpha value is -0.120. The normalized spacial score (nSPS) is 23.7. The molecule has 0 spiro atoms. The van der Waals surface area contributed by atoms with Crippen LogP contribution in [0.15, 0.2) is 0 Å². The zero-order valence-corrected chi connectivity index (χ0v) is 12.0. The number of nitrogens with zero attached hydrogens (tertiary/aromatic N) is 1. The predicted molar refractivity (Wildman–Crippen MR) is 75.9 cm³/mol. The van der Waals surface area contributed by atoms with Crippen molar-refractivity contribution in [3.05, 3.63) is 0 Å². The minimum absolute atomic E-state index is 0.877. The van der Waals surface area contributed by atoms with Crippen LogP contribution in [0.4, 0.5) is 0 Å². The molecule has 0 bridgehead atoms. The summed E-state index contributed by atoms with van der Waals surface area (Å²) in [6, 6.07) is 0. The minimum atomic E-state index is 0.877. The summed E-state index contributed by atoms with van der Waals surface area (Å²) in [7, 11) is 2.29. The lowest BCUT2D eigenvalue weighted by atomic mass is 9.93. The van der Waals surface area contributed by atoms with E-state index in [2.05, 4.69) is 17.3 Å². The third kappa shape index (κ3) is 5.25. The van der Waals surface area contributed by atoms with Gasteiger partial charge in [0.15, 0.2) is 0 Å². The first kappa shape index (κ1) is 14.3. The van der Waals surface area contributed by atoms with Crippen molar-refractivity contribution in [1.29, 1.82) is 0 Å². The predicted octanol–water partition coefficient (Wildman–Crippen LogP) is 2.12. The van der Waals surface area contributed by atoms with Gasteiger partial charge in [0.2, 0.25) is 0 Å². The van der Waals surface area contributed by atoms with Crippen molar-refractivity contribution >= 4 is 0 Å². The van der Waals surface area contributed by atoms with E-state index in [-0.39, 0.29) is 0 Å². The highest BCUT2D eigenvalue weighted by Gasteiger charge is 2.16. The van der Waals surface area contributed by atoms with Crippen LogP contribution in [0.25, 0.3) is 0 Å². The average molecular weight is 254 g/mol. The Balaban J connectivity index is 1.52. The first-order chi connectivity index (χ1) is 8.84. The molecule has 0 unspecified atom stereocenters. The van der Waals surface area contributed by atoms with Crippen molar-refractivity contribution in [1.82, 2.24) is 10.2 Å². The van der Waals surface area contributed by atoms with Crippen LogP contribution in [0.2, 0.25) is 0 Å². The fourth-order valence-electron chi connectivity index (χ4n) is 3.28. The second-order valence-corrected chi connectivity index (χ2v) is 6.15. The molecule has 2 saturated heterocycles. The van der Waals surface area contributed by atoms with Crippen LogP contribution < -0.4 is 5.32 Å². The molecule has 0 amide bonds. The van der Waals surface area contributed by atoms with Crippen LogP contribution in [-0.4, -0.2) is 51.3 Å². The molecule has 2 fully saturated rings. The van der Waals surface area contributed by atoms with Crippen molar-refractivity contribution in [3.8, 4) is 0 Å². The molecule has 2 aliphatic rings. The van der Waals surface area contributed by atoms with E-state index in [0.29, 0.717) is 0 Å². The van der Waals surface area contributed by atoms with Crippen molar-refractivity contribution < 1.29 is 4.74 Å². The van der Waals surface area contributed by atoms with E-state index in [4.69, 9.17) is 4.74 Å². The Kier molecular flexibility index (Phi) is 6.46. The minimum Gasteiger partial charge on any atom is -0.381 e. The molecular weight excluding hydrogens is 224 g/mol. The molecule has 0 aromatic carbocycles. The van der Waals surface area contributed by atoms with Gasteiger partial charge in [0.05, 0.1) is 0 Å². The van der Waals surface area contributed by atoms with Gasteiger partial charge < -0.3 is 15.0 Å². The fraction of sp³-hybridized carbons (Fsp3) is 1.00. The van der Waals surface area contributed by atoms with Gasteiger partial charge >= 0.3 is 0 Å². The molecule has 3 heteroatoms. The summed E-state index contributed by atoms with van der Waals surface area (Å²) in [5.74, 6) is 1.87. The molecule has 0 radical (unpaired) electrons. The molecule has 2 aliphatic heterocycles. The smallest absolute Gasteiger partial charge is 0.0469 e. The summed E-state index contributed by atoms with van der Waals surface area (Å²) in [5.41, 5.74) is 0. The van der Waals surface area contributed by atoms with Crippen LogP contribution in [0, 0.1) is 11.8 Å². The maximum absolute atomic E-state index is 5.42. The lowest BCUT2D eigenvalue weighted by Crippen LogP contribution is -2.31. The van der Waals surface area contributed by atoms with Gasteiger partial charge in [0.25, 0.3) is 0 Å². The quantitative estimate of drug-likeness (QED) is 0.786. The SMILES string of the molecule is CN(CCCC1CCNCC1)CC1CCOCC1. The molecule has 3 nitrogen and oxygen atoms in total. The van der Waals surface area contributed by atoms with Gasteiger partial charge in [-0.25, -0.2) is 0 Å². The Bertz CT molecular complexity index is 211. The fourth-order valence-corrected chi connectivity index (χ4v) is 3.28. The maximum Gasteiger partial charge on any atom is 0.0469 e. The van der Waals surface area contributed by atoms with E-state index >= 15 is 0 Å². The topological polar surface area (TPSA) is 24.5 Å². The van der Waals surface area contributed by atoms with Gasteiger partial charge in [-0.3, -0.25) is 0 Å². The van der Waals surface area contributed by atoms with Crippen molar-refractivity contribution in [3.63, 3.8) is 0 Å². The Morgan fingerprint density at radius 1 is 1.06 bits per heavy atom. The van der Waals surface area contributed by atoms with Crippen LogP contribution in [0.1, 0.15) is 38.5 Å². The number of rotatable bonds is 6. The highest BCUT2D eigenvalue weighted by Crippen LogP contribution is 2.19. The molecular formula is C15H30N2O. The standard InChI is InChI=1S/C15H30N2O/c1-17(13-15-6-11-18-12-7-15)10-2-3-14-4-8-16-9-5-14/h14-16H,2-13H2,1H3. The molecule has 2 rings (SSSR count). The Morgan fingerprint density at radius 2 is 1.78 bits per heavy atom. The molecule has 106 valence electrons. The van der Waals surface area contributed by atoms with Crippen molar-refractivity contribution in [2.24, 2.45) is 11.8 Å². The molecule has 0 saturated carbocycles. The summed E-state index contributed by atoms with van der Waals surface area (Å²) in [5, 5.41) is 3.45. The highest BCUT2D eigenvalue weighted by atomic mass is 16.5. The van der Waals surface area contributed by atoms with E-state index in [0.717, 1.165) is 25.0 Å². The van der Waals surface area contributed by atoms with Gasteiger partial charge in [0, 0.05) is 19.8 Å². The monoisotopic (exact) mass is 254 g/mol. The Labute approximate surface area is 112 Å². The molecule has 1 N–H and O–H groups in total. The van der Waals surface area contributed by atoms with Gasteiger partial charge in [-0.2, -0.15) is 0 Å². The number of ether oxygens (including phenoxy) is 1. The summed E-state index contributed by atoms with van der Waals surface area (Å²) < 4.78 is 5.42. The van der Waals surface area contributed by atoms with Gasteiger partial charge in [-0.1, -0.05) is 0 Å². The number of hydrogen-bond donors (Lipinski definition) is 1. The van der Waals surface area contributed by atoms with E-state index in [1.807, 2.05) is 0 Å². The van der Waals surface area contributed by atoms with Crippen molar-refractivity contribution in [2.75, 3.05) is 46.4 Å². The molecule has 0 aromatic heterocycles. The van der Waals surface area contributed by atoms with Crippen LogP contribution in [0.5, 0.6) is 0 Å². The van der Waals surface area contributed by atoms with Gasteiger partial charge in [-0.05, 0) is 77.0 Å². The second-order valence-electron chi connectivity index (χ2n) is 6.15. The van der Waals surface area contributed by atoms with Crippen LogP contribution >= 0.6 is 0 Å². The first-order valence-corrected chi connectivity index (χ1v) is 7.81. The summed E-state index contributed by atoms with van der Waals surface area (Å²) in [4.78, 5) is 2.54. The zero-order chi connectivity index (χ0) is 12.6. The van der Waals surface area contributed by atoms with Gasteiger partial charge in [0.1, 0.15) is 0 Å². The molecule has 18 heavy (non-hydrogen) atoms. The average Bonchev–Trinajstić information content (AvgIpc) is 2.41. The lowest BCUT2D eigenvalue weighted by molar-refractivity contribution is 0.0554. The van der Waals surface area contributed by atoms with Crippen LogP contribution in [-0.2, 0) is 4.74 Å². The lowest BCUT2D eigenvalue weighted by Gasteiger charge is -2.28. The van der Waals surface area contributed by atoms with Gasteiger partial charge in [-0.15, -0.1) is 0 Å². The summed E-state index contributed by atoms with van der Waals surface area (Å²) >= 11 is 0. The molecule has 0 aromatic rings. The second kappa shape index (κ2) is 8.13. The molecule has 0 atom stereocenters. The third-order valence-corrected chi connectivity index (χ3v) is 4.52. The largest absolute Gasteiger partial charge is 0.381 e. The maximum atomic E-state index is 5.42. The first-order valence-electron chi connectivity index (χ1n) is 7.81. The van der Waals surface area contributed by atoms with E-state index in [9.17, 15) is 0 Å². The zero-order valence-electron chi connectivity index (χ0n) is 12.0. The Morgan fingerprint density at radius 3 is 2.50 bits per heavy atom. The van der Waals surface area contributed by atoms with Crippen LogP contribution in [0.3, 0.4) is 0 Å². The third-order valence-electron chi connectivity index (χ3n) is 4.52. The summed E-state index contributed by atoms with van der Waals surface area (Å²) in [6.45, 7) is 6.99. The number of hydrogen-bond acceptors (Lipinski definition) is 3. The highest BCUT2D eigenvalue weighted by molar-refractivity contribution is 4.70. The molecule has 0 aliphatic carbocycles. The van der Waals surface area contributed by atoms with E-state index in [1.54, 1.807) is 0 Å². The molecule has 2 heterocycles. The number of nitrogens with one attached hydrogen (secondary N) is 1. The van der Waals surface area contributed by atoms with Crippen molar-refractivity contribution in [2.45, 2.75) is 38.5 Å². The van der Waals surface area contributed by atoms with E-state index in [1.165, 1.54) is 64.7 Å². The summed E-state index contributed by atoms with van der Waals surface area (Å²) in [6.07, 6.45) is 8.12. The number of piperidine rings is 1.